The predicted molar refractivity (Wildman–Crippen MR) is 59.1 cm³/mol. The summed E-state index contributed by atoms with van der Waals surface area (Å²) >= 11 is 0. The summed E-state index contributed by atoms with van der Waals surface area (Å²) in [5, 5.41) is 3.32. The van der Waals surface area contributed by atoms with Gasteiger partial charge in [-0.25, -0.2) is 8.42 Å². The van der Waals surface area contributed by atoms with Crippen molar-refractivity contribution in [3.8, 4) is 0 Å². The van der Waals surface area contributed by atoms with Crippen LogP contribution in [0.15, 0.2) is 0 Å². The molecule has 84 valence electrons. The van der Waals surface area contributed by atoms with Crippen LogP contribution in [-0.2, 0) is 9.84 Å². The number of rotatable bonds is 7. The van der Waals surface area contributed by atoms with Crippen LogP contribution in [0.25, 0.3) is 0 Å². The Morgan fingerprint density at radius 3 is 2.50 bits per heavy atom. The highest BCUT2D eigenvalue weighted by molar-refractivity contribution is 7.90. The van der Waals surface area contributed by atoms with Gasteiger partial charge in [-0.2, -0.15) is 0 Å². The second kappa shape index (κ2) is 5.12. The maximum Gasteiger partial charge on any atom is 0.148 e. The molecule has 0 saturated heterocycles. The Bertz CT molecular complexity index is 257. The van der Waals surface area contributed by atoms with Gasteiger partial charge in [0.1, 0.15) is 9.84 Å². The van der Waals surface area contributed by atoms with Gasteiger partial charge >= 0.3 is 0 Å². The molecule has 1 fully saturated rings. The fraction of sp³-hybridized carbons (Fsp3) is 1.00. The van der Waals surface area contributed by atoms with Gasteiger partial charge in [-0.15, -0.1) is 0 Å². The molecule has 1 saturated carbocycles. The Hall–Kier alpha value is -0.0900. The van der Waals surface area contributed by atoms with E-state index in [0.29, 0.717) is 12.6 Å². The van der Waals surface area contributed by atoms with E-state index in [0.717, 1.165) is 12.3 Å². The quantitative estimate of drug-likeness (QED) is 0.700. The van der Waals surface area contributed by atoms with E-state index in [4.69, 9.17) is 0 Å². The van der Waals surface area contributed by atoms with Crippen LogP contribution in [0.3, 0.4) is 0 Å². The van der Waals surface area contributed by atoms with Crippen LogP contribution < -0.4 is 5.32 Å². The highest BCUT2D eigenvalue weighted by Gasteiger charge is 2.24. The lowest BCUT2D eigenvalue weighted by Gasteiger charge is -2.15. The summed E-state index contributed by atoms with van der Waals surface area (Å²) in [4.78, 5) is 0. The zero-order chi connectivity index (χ0) is 10.6. The van der Waals surface area contributed by atoms with Crippen molar-refractivity contribution in [1.29, 1.82) is 0 Å². The first-order chi connectivity index (χ1) is 6.51. The highest BCUT2D eigenvalue weighted by atomic mass is 32.2. The van der Waals surface area contributed by atoms with Crippen LogP contribution in [0.2, 0.25) is 0 Å². The summed E-state index contributed by atoms with van der Waals surface area (Å²) in [6.45, 7) is 2.75. The molecule has 14 heavy (non-hydrogen) atoms. The molecule has 4 heteroatoms. The molecule has 0 aliphatic heterocycles. The molecule has 0 amide bonds. The Morgan fingerprint density at radius 1 is 1.43 bits per heavy atom. The average Bonchev–Trinajstić information content (AvgIpc) is 2.84. The van der Waals surface area contributed by atoms with Crippen LogP contribution in [-0.4, -0.2) is 33.0 Å². The van der Waals surface area contributed by atoms with Gasteiger partial charge in [0.15, 0.2) is 0 Å². The maximum atomic E-state index is 10.9. The molecule has 0 spiro atoms. The normalized spacial score (nSPS) is 19.6. The van der Waals surface area contributed by atoms with Crippen molar-refractivity contribution >= 4 is 9.84 Å². The molecule has 0 aromatic heterocycles. The van der Waals surface area contributed by atoms with E-state index in [1.54, 1.807) is 0 Å². The second-order valence-corrected chi connectivity index (χ2v) is 6.63. The minimum atomic E-state index is -2.80. The van der Waals surface area contributed by atoms with Gasteiger partial charge < -0.3 is 5.32 Å². The van der Waals surface area contributed by atoms with Gasteiger partial charge in [-0.1, -0.05) is 19.8 Å². The number of sulfone groups is 1. The molecule has 1 unspecified atom stereocenters. The van der Waals surface area contributed by atoms with Crippen molar-refractivity contribution in [1.82, 2.24) is 5.32 Å². The van der Waals surface area contributed by atoms with E-state index >= 15 is 0 Å². The van der Waals surface area contributed by atoms with Crippen LogP contribution in [0.5, 0.6) is 0 Å². The van der Waals surface area contributed by atoms with Crippen molar-refractivity contribution in [3.05, 3.63) is 0 Å². The molecule has 0 bridgehead atoms. The first kappa shape index (κ1) is 12.0. The summed E-state index contributed by atoms with van der Waals surface area (Å²) in [5.74, 6) is 1.17. The highest BCUT2D eigenvalue weighted by Crippen LogP contribution is 2.33. The zero-order valence-corrected chi connectivity index (χ0v) is 9.94. The van der Waals surface area contributed by atoms with E-state index in [2.05, 4.69) is 12.2 Å². The van der Waals surface area contributed by atoms with Crippen LogP contribution in [0.4, 0.5) is 0 Å². The zero-order valence-electron chi connectivity index (χ0n) is 9.12. The topological polar surface area (TPSA) is 46.2 Å². The van der Waals surface area contributed by atoms with E-state index in [-0.39, 0.29) is 5.75 Å². The molecule has 1 rings (SSSR count). The van der Waals surface area contributed by atoms with E-state index in [9.17, 15) is 8.42 Å². The molecule has 0 aromatic carbocycles. The first-order valence-corrected chi connectivity index (χ1v) is 7.48. The lowest BCUT2D eigenvalue weighted by molar-refractivity contribution is 0.456. The molecule has 1 aliphatic rings. The lowest BCUT2D eigenvalue weighted by Crippen LogP contribution is -2.32. The third kappa shape index (κ3) is 5.60. The predicted octanol–water partition coefficient (Wildman–Crippen LogP) is 1.20. The van der Waals surface area contributed by atoms with Crippen molar-refractivity contribution < 1.29 is 8.42 Å². The Labute approximate surface area is 87.2 Å². The molecule has 3 nitrogen and oxygen atoms in total. The Morgan fingerprint density at radius 2 is 2.07 bits per heavy atom. The second-order valence-electron chi connectivity index (χ2n) is 4.37. The molecule has 0 radical (unpaired) electrons. The average molecular weight is 219 g/mol. The van der Waals surface area contributed by atoms with Crippen LogP contribution in [0, 0.1) is 5.92 Å². The van der Waals surface area contributed by atoms with Crippen molar-refractivity contribution in [2.75, 3.05) is 18.6 Å². The monoisotopic (exact) mass is 219 g/mol. The number of hydrogen-bond donors (Lipinski definition) is 1. The third-order valence-corrected chi connectivity index (χ3v) is 3.66. The van der Waals surface area contributed by atoms with E-state index in [1.807, 2.05) is 0 Å². The van der Waals surface area contributed by atoms with Gasteiger partial charge in [0, 0.05) is 18.8 Å². The maximum absolute atomic E-state index is 10.9. The minimum absolute atomic E-state index is 0.258. The van der Waals surface area contributed by atoms with Crippen LogP contribution in [0.1, 0.15) is 32.6 Å². The SMILES string of the molecule is CCC(CC1CC1)NCCS(C)(=O)=O. The summed E-state index contributed by atoms with van der Waals surface area (Å²) < 4.78 is 21.8. The lowest BCUT2D eigenvalue weighted by atomic mass is 10.1. The van der Waals surface area contributed by atoms with Gasteiger partial charge in [-0.3, -0.25) is 0 Å². The summed E-state index contributed by atoms with van der Waals surface area (Å²) in [6, 6.07) is 0.518. The minimum Gasteiger partial charge on any atom is -0.313 e. The summed E-state index contributed by atoms with van der Waals surface area (Å²) in [5.41, 5.74) is 0. The Balaban J connectivity index is 2.13. The van der Waals surface area contributed by atoms with Gasteiger partial charge in [-0.05, 0) is 18.8 Å². The van der Waals surface area contributed by atoms with Crippen molar-refractivity contribution in [3.63, 3.8) is 0 Å². The molecular formula is C10H21NO2S. The van der Waals surface area contributed by atoms with Gasteiger partial charge in [0.2, 0.25) is 0 Å². The fourth-order valence-corrected chi connectivity index (χ4v) is 2.09. The standard InChI is InChI=1S/C10H21NO2S/c1-3-10(8-9-4-5-9)11-6-7-14(2,12)13/h9-11H,3-8H2,1-2H3. The van der Waals surface area contributed by atoms with Gasteiger partial charge in [0.25, 0.3) is 0 Å². The summed E-state index contributed by atoms with van der Waals surface area (Å²) in [6.07, 6.45) is 6.34. The fourth-order valence-electron chi connectivity index (χ4n) is 1.60. The van der Waals surface area contributed by atoms with Gasteiger partial charge in [0.05, 0.1) is 5.75 Å². The van der Waals surface area contributed by atoms with E-state index in [1.165, 1.54) is 25.5 Å². The molecule has 1 atom stereocenters. The number of hydrogen-bond acceptors (Lipinski definition) is 3. The third-order valence-electron chi connectivity index (χ3n) is 2.71. The smallest absolute Gasteiger partial charge is 0.148 e. The largest absolute Gasteiger partial charge is 0.313 e. The molecule has 0 aromatic rings. The Kier molecular flexibility index (Phi) is 4.38. The molecular weight excluding hydrogens is 198 g/mol. The van der Waals surface area contributed by atoms with Crippen molar-refractivity contribution in [2.24, 2.45) is 5.92 Å². The number of nitrogens with one attached hydrogen (secondary N) is 1. The first-order valence-electron chi connectivity index (χ1n) is 5.42. The van der Waals surface area contributed by atoms with Crippen molar-refractivity contribution in [2.45, 2.75) is 38.6 Å². The van der Waals surface area contributed by atoms with E-state index < -0.39 is 9.84 Å². The summed E-state index contributed by atoms with van der Waals surface area (Å²) in [7, 11) is -2.80. The molecule has 1 N–H and O–H groups in total. The molecule has 0 heterocycles. The van der Waals surface area contributed by atoms with Crippen LogP contribution >= 0.6 is 0 Å². The molecule has 1 aliphatic carbocycles.